The molecule has 0 unspecified atom stereocenters. The van der Waals surface area contributed by atoms with Crippen LogP contribution in [0.25, 0.3) is 11.1 Å². The molecule has 7 heteroatoms. The second-order valence-electron chi connectivity index (χ2n) is 9.21. The van der Waals surface area contributed by atoms with Crippen LogP contribution in [0.15, 0.2) is 67.0 Å². The fourth-order valence-corrected chi connectivity index (χ4v) is 3.88. The number of piperazine rings is 1. The van der Waals surface area contributed by atoms with E-state index < -0.39 is 5.60 Å². The van der Waals surface area contributed by atoms with Crippen LogP contribution >= 0.6 is 0 Å². The number of carbonyl (C=O) groups is 2. The molecular weight excluding hydrogens is 416 g/mol. The first kappa shape index (κ1) is 22.6. The van der Waals surface area contributed by atoms with Gasteiger partial charge < -0.3 is 14.5 Å². The third-order valence-electron chi connectivity index (χ3n) is 5.54. The fourth-order valence-electron chi connectivity index (χ4n) is 3.88. The molecule has 0 radical (unpaired) electrons. The first-order valence-corrected chi connectivity index (χ1v) is 11.2. The Morgan fingerprint density at radius 3 is 2.21 bits per heavy atom. The molecular formula is C26H30N4O3. The number of aromatic nitrogens is 2. The van der Waals surface area contributed by atoms with E-state index >= 15 is 0 Å². The largest absolute Gasteiger partial charge is 0.444 e. The number of carbonyl (C=O) groups excluding carboxylic acids is 2. The lowest BCUT2D eigenvalue weighted by atomic mass is 9.97. The highest BCUT2D eigenvalue weighted by Crippen LogP contribution is 2.26. The maximum atomic E-state index is 13.4. The smallest absolute Gasteiger partial charge is 0.410 e. The quantitative estimate of drug-likeness (QED) is 0.600. The van der Waals surface area contributed by atoms with Crippen molar-refractivity contribution in [2.24, 2.45) is 0 Å². The van der Waals surface area contributed by atoms with E-state index in [0.717, 1.165) is 16.7 Å². The Kier molecular flexibility index (Phi) is 6.49. The van der Waals surface area contributed by atoms with Gasteiger partial charge in [-0.15, -0.1) is 0 Å². The second-order valence-corrected chi connectivity index (χ2v) is 9.21. The zero-order chi connectivity index (χ0) is 23.4. The predicted molar refractivity (Wildman–Crippen MR) is 127 cm³/mol. The van der Waals surface area contributed by atoms with Gasteiger partial charge in [0.25, 0.3) is 5.91 Å². The molecule has 1 saturated heterocycles. The molecule has 0 saturated carbocycles. The highest BCUT2D eigenvalue weighted by molar-refractivity contribution is 6.01. The normalized spacial score (nSPS) is 14.3. The Morgan fingerprint density at radius 2 is 1.58 bits per heavy atom. The van der Waals surface area contributed by atoms with E-state index in [1.807, 2.05) is 79.0 Å². The lowest BCUT2D eigenvalue weighted by Gasteiger charge is -2.35. The summed E-state index contributed by atoms with van der Waals surface area (Å²) < 4.78 is 7.33. The minimum Gasteiger partial charge on any atom is -0.444 e. The summed E-state index contributed by atoms with van der Waals surface area (Å²) in [5.41, 5.74) is 3.18. The van der Waals surface area contributed by atoms with Gasteiger partial charge in [-0.25, -0.2) is 4.79 Å². The van der Waals surface area contributed by atoms with Crippen molar-refractivity contribution < 1.29 is 14.3 Å². The molecule has 0 aliphatic carbocycles. The Hall–Kier alpha value is -3.61. The average molecular weight is 447 g/mol. The van der Waals surface area contributed by atoms with E-state index in [1.54, 1.807) is 11.1 Å². The molecule has 2 amide bonds. The molecule has 2 aromatic carbocycles. The highest BCUT2D eigenvalue weighted by atomic mass is 16.6. The molecule has 2 heterocycles. The van der Waals surface area contributed by atoms with Gasteiger partial charge in [-0.05, 0) is 49.6 Å². The topological polar surface area (TPSA) is 67.7 Å². The molecule has 1 fully saturated rings. The standard InChI is InChI=1S/C26H30N4O3/c1-26(2,3)33-25(32)29-17-15-28(16-18-29)24(31)23-8-5-4-7-22(23)21-11-9-20(10-12-21)19-30-14-6-13-27-30/h4-14H,15-19H2,1-3H3. The summed E-state index contributed by atoms with van der Waals surface area (Å²) in [6, 6.07) is 17.8. The summed E-state index contributed by atoms with van der Waals surface area (Å²) in [5, 5.41) is 4.25. The van der Waals surface area contributed by atoms with Gasteiger partial charge in [0, 0.05) is 44.1 Å². The van der Waals surface area contributed by atoms with Crippen LogP contribution in [0.2, 0.25) is 0 Å². The molecule has 33 heavy (non-hydrogen) atoms. The van der Waals surface area contributed by atoms with E-state index in [2.05, 4.69) is 17.2 Å². The van der Waals surface area contributed by atoms with Crippen LogP contribution < -0.4 is 0 Å². The Labute approximate surface area is 194 Å². The minimum absolute atomic E-state index is 0.0185. The van der Waals surface area contributed by atoms with Gasteiger partial charge in [-0.2, -0.15) is 5.10 Å². The summed E-state index contributed by atoms with van der Waals surface area (Å²) >= 11 is 0. The SMILES string of the molecule is CC(C)(C)OC(=O)N1CCN(C(=O)c2ccccc2-c2ccc(Cn3cccn3)cc2)CC1. The minimum atomic E-state index is -0.531. The van der Waals surface area contributed by atoms with Crippen LogP contribution in [0, 0.1) is 0 Å². The first-order valence-electron chi connectivity index (χ1n) is 11.2. The van der Waals surface area contributed by atoms with Crippen LogP contribution in [0.5, 0.6) is 0 Å². The molecule has 0 bridgehead atoms. The van der Waals surface area contributed by atoms with Crippen LogP contribution in [0.1, 0.15) is 36.7 Å². The van der Waals surface area contributed by atoms with Gasteiger partial charge in [-0.1, -0.05) is 42.5 Å². The van der Waals surface area contributed by atoms with Gasteiger partial charge in [0.15, 0.2) is 0 Å². The number of amides is 2. The number of rotatable bonds is 4. The molecule has 172 valence electrons. The van der Waals surface area contributed by atoms with Crippen LogP contribution in [0.3, 0.4) is 0 Å². The zero-order valence-corrected chi connectivity index (χ0v) is 19.4. The van der Waals surface area contributed by atoms with E-state index in [9.17, 15) is 9.59 Å². The number of ether oxygens (including phenoxy) is 1. The zero-order valence-electron chi connectivity index (χ0n) is 19.4. The summed E-state index contributed by atoms with van der Waals surface area (Å²) in [7, 11) is 0. The average Bonchev–Trinajstić information content (AvgIpc) is 3.31. The van der Waals surface area contributed by atoms with E-state index in [0.29, 0.717) is 38.3 Å². The van der Waals surface area contributed by atoms with Gasteiger partial charge in [-0.3, -0.25) is 9.48 Å². The summed E-state index contributed by atoms with van der Waals surface area (Å²) in [6.07, 6.45) is 3.37. The number of benzene rings is 2. The molecule has 7 nitrogen and oxygen atoms in total. The van der Waals surface area contributed by atoms with Gasteiger partial charge in [0.1, 0.15) is 5.60 Å². The van der Waals surface area contributed by atoms with Crippen molar-refractivity contribution in [3.63, 3.8) is 0 Å². The number of hydrogen-bond acceptors (Lipinski definition) is 4. The number of hydrogen-bond donors (Lipinski definition) is 0. The Morgan fingerprint density at radius 1 is 0.909 bits per heavy atom. The van der Waals surface area contributed by atoms with E-state index in [-0.39, 0.29) is 12.0 Å². The third-order valence-corrected chi connectivity index (χ3v) is 5.54. The number of nitrogens with zero attached hydrogens (tertiary/aromatic N) is 4. The van der Waals surface area contributed by atoms with Gasteiger partial charge >= 0.3 is 6.09 Å². The fraction of sp³-hybridized carbons (Fsp3) is 0.346. The summed E-state index contributed by atoms with van der Waals surface area (Å²) in [6.45, 7) is 8.15. The lowest BCUT2D eigenvalue weighted by molar-refractivity contribution is 0.0141. The van der Waals surface area contributed by atoms with Crippen molar-refractivity contribution in [2.75, 3.05) is 26.2 Å². The first-order chi connectivity index (χ1) is 15.8. The third kappa shape index (κ3) is 5.61. The molecule has 1 aliphatic rings. The monoisotopic (exact) mass is 446 g/mol. The van der Waals surface area contributed by atoms with E-state index in [1.165, 1.54) is 0 Å². The van der Waals surface area contributed by atoms with Crippen molar-refractivity contribution in [3.8, 4) is 11.1 Å². The van der Waals surface area contributed by atoms with Crippen molar-refractivity contribution in [2.45, 2.75) is 32.9 Å². The Balaban J connectivity index is 1.44. The molecule has 0 spiro atoms. The maximum absolute atomic E-state index is 13.4. The summed E-state index contributed by atoms with van der Waals surface area (Å²) in [5.74, 6) is -0.0185. The molecule has 4 rings (SSSR count). The lowest BCUT2D eigenvalue weighted by Crippen LogP contribution is -2.51. The molecule has 0 atom stereocenters. The Bertz CT molecular complexity index is 1090. The maximum Gasteiger partial charge on any atom is 0.410 e. The van der Waals surface area contributed by atoms with Gasteiger partial charge in [0.05, 0.1) is 6.54 Å². The van der Waals surface area contributed by atoms with Gasteiger partial charge in [0.2, 0.25) is 0 Å². The molecule has 1 aliphatic heterocycles. The van der Waals surface area contributed by atoms with Crippen molar-refractivity contribution in [3.05, 3.63) is 78.1 Å². The molecule has 1 aromatic heterocycles. The molecule has 0 N–H and O–H groups in total. The predicted octanol–water partition coefficient (Wildman–Crippen LogP) is 4.29. The van der Waals surface area contributed by atoms with Crippen LogP contribution in [0.4, 0.5) is 4.79 Å². The van der Waals surface area contributed by atoms with Crippen LogP contribution in [-0.4, -0.2) is 63.4 Å². The van der Waals surface area contributed by atoms with E-state index in [4.69, 9.17) is 4.74 Å². The van der Waals surface area contributed by atoms with Crippen molar-refractivity contribution in [1.29, 1.82) is 0 Å². The van der Waals surface area contributed by atoms with Crippen LogP contribution in [-0.2, 0) is 11.3 Å². The second kappa shape index (κ2) is 9.48. The molecule has 3 aromatic rings. The van der Waals surface area contributed by atoms with Crippen molar-refractivity contribution >= 4 is 12.0 Å². The highest BCUT2D eigenvalue weighted by Gasteiger charge is 2.28. The van der Waals surface area contributed by atoms with Crippen molar-refractivity contribution in [1.82, 2.24) is 19.6 Å². The summed E-state index contributed by atoms with van der Waals surface area (Å²) in [4.78, 5) is 29.2.